The quantitative estimate of drug-likeness (QED) is 0.268. The predicted octanol–water partition coefficient (Wildman–Crippen LogP) is 4.57. The SMILES string of the molecule is CCCCC/C=C/CCCOC(=O)CCCCC(=O)OCC. The molecule has 0 saturated heterocycles. The standard InChI is InChI=1S/C18H32O4/c1-3-5-6-7-8-9-10-13-16-22-18(20)15-12-11-14-17(19)21-4-2/h8-9H,3-7,10-16H2,1-2H3/b9-8+. The van der Waals surface area contributed by atoms with E-state index in [9.17, 15) is 9.59 Å². The van der Waals surface area contributed by atoms with Crippen LogP contribution in [0.15, 0.2) is 12.2 Å². The number of rotatable bonds is 14. The molecule has 0 radical (unpaired) electrons. The van der Waals surface area contributed by atoms with Gasteiger partial charge in [-0.15, -0.1) is 0 Å². The third kappa shape index (κ3) is 15.1. The van der Waals surface area contributed by atoms with E-state index in [-0.39, 0.29) is 11.9 Å². The van der Waals surface area contributed by atoms with Crippen molar-refractivity contribution >= 4 is 11.9 Å². The Morgan fingerprint density at radius 3 is 1.95 bits per heavy atom. The molecule has 0 heterocycles. The van der Waals surface area contributed by atoms with E-state index in [1.807, 2.05) is 0 Å². The summed E-state index contributed by atoms with van der Waals surface area (Å²) in [6.45, 7) is 4.88. The Labute approximate surface area is 135 Å². The summed E-state index contributed by atoms with van der Waals surface area (Å²) < 4.78 is 9.97. The van der Waals surface area contributed by atoms with Crippen LogP contribution in [0.3, 0.4) is 0 Å². The number of ether oxygens (including phenoxy) is 2. The molecular formula is C18H32O4. The summed E-state index contributed by atoms with van der Waals surface area (Å²) in [5.74, 6) is -0.364. The number of carbonyl (C=O) groups excluding carboxylic acids is 2. The van der Waals surface area contributed by atoms with Gasteiger partial charge in [-0.1, -0.05) is 31.9 Å². The lowest BCUT2D eigenvalue weighted by atomic mass is 10.2. The van der Waals surface area contributed by atoms with E-state index in [4.69, 9.17) is 9.47 Å². The van der Waals surface area contributed by atoms with E-state index in [0.717, 1.165) is 19.3 Å². The van der Waals surface area contributed by atoms with Gasteiger partial charge < -0.3 is 9.47 Å². The van der Waals surface area contributed by atoms with E-state index in [0.29, 0.717) is 38.9 Å². The molecule has 0 aromatic heterocycles. The van der Waals surface area contributed by atoms with Gasteiger partial charge in [0.15, 0.2) is 0 Å². The van der Waals surface area contributed by atoms with Crippen molar-refractivity contribution in [1.29, 1.82) is 0 Å². The highest BCUT2D eigenvalue weighted by Crippen LogP contribution is 2.04. The molecule has 0 aliphatic heterocycles. The molecule has 0 fully saturated rings. The largest absolute Gasteiger partial charge is 0.466 e. The predicted molar refractivity (Wildman–Crippen MR) is 88.6 cm³/mol. The molecular weight excluding hydrogens is 280 g/mol. The minimum atomic E-state index is -0.193. The molecule has 0 atom stereocenters. The number of unbranched alkanes of at least 4 members (excludes halogenated alkanes) is 5. The third-order valence-electron chi connectivity index (χ3n) is 3.24. The summed E-state index contributed by atoms with van der Waals surface area (Å²) in [6, 6.07) is 0. The van der Waals surface area contributed by atoms with E-state index in [1.54, 1.807) is 6.92 Å². The summed E-state index contributed by atoms with van der Waals surface area (Å²) in [7, 11) is 0. The average molecular weight is 312 g/mol. The molecule has 0 bridgehead atoms. The monoisotopic (exact) mass is 312 g/mol. The van der Waals surface area contributed by atoms with E-state index in [2.05, 4.69) is 19.1 Å². The molecule has 4 heteroatoms. The summed E-state index contributed by atoms with van der Waals surface area (Å²) in [6.07, 6.45) is 13.3. The highest BCUT2D eigenvalue weighted by molar-refractivity contribution is 5.70. The second-order valence-electron chi connectivity index (χ2n) is 5.34. The van der Waals surface area contributed by atoms with Crippen molar-refractivity contribution in [2.45, 2.75) is 78.1 Å². The number of carbonyl (C=O) groups is 2. The van der Waals surface area contributed by atoms with Crippen molar-refractivity contribution in [3.05, 3.63) is 12.2 Å². The minimum absolute atomic E-state index is 0.171. The molecule has 0 aliphatic rings. The van der Waals surface area contributed by atoms with Crippen molar-refractivity contribution in [3.63, 3.8) is 0 Å². The first-order valence-corrected chi connectivity index (χ1v) is 8.66. The van der Waals surface area contributed by atoms with Crippen LogP contribution in [0.25, 0.3) is 0 Å². The molecule has 0 N–H and O–H groups in total. The van der Waals surface area contributed by atoms with E-state index >= 15 is 0 Å². The third-order valence-corrected chi connectivity index (χ3v) is 3.24. The highest BCUT2D eigenvalue weighted by Gasteiger charge is 2.05. The van der Waals surface area contributed by atoms with Crippen LogP contribution in [0.1, 0.15) is 78.1 Å². The highest BCUT2D eigenvalue weighted by atomic mass is 16.5. The summed E-state index contributed by atoms with van der Waals surface area (Å²) >= 11 is 0. The van der Waals surface area contributed by atoms with Crippen LogP contribution in [-0.2, 0) is 19.1 Å². The van der Waals surface area contributed by atoms with Gasteiger partial charge in [0.25, 0.3) is 0 Å². The van der Waals surface area contributed by atoms with E-state index < -0.39 is 0 Å². The fourth-order valence-electron chi connectivity index (χ4n) is 1.98. The molecule has 0 amide bonds. The summed E-state index contributed by atoms with van der Waals surface area (Å²) in [4.78, 5) is 22.6. The van der Waals surface area contributed by atoms with Crippen LogP contribution in [-0.4, -0.2) is 25.2 Å². The molecule has 4 nitrogen and oxygen atoms in total. The number of allylic oxidation sites excluding steroid dienone is 2. The molecule has 128 valence electrons. The Hall–Kier alpha value is -1.32. The fourth-order valence-corrected chi connectivity index (χ4v) is 1.98. The van der Waals surface area contributed by atoms with Crippen LogP contribution < -0.4 is 0 Å². The molecule has 0 aromatic carbocycles. The summed E-state index contributed by atoms with van der Waals surface area (Å²) in [5.41, 5.74) is 0. The maximum absolute atomic E-state index is 11.5. The second-order valence-corrected chi connectivity index (χ2v) is 5.34. The van der Waals surface area contributed by atoms with Crippen molar-refractivity contribution < 1.29 is 19.1 Å². The lowest BCUT2D eigenvalue weighted by molar-refractivity contribution is -0.145. The molecule has 0 aliphatic carbocycles. The molecule has 0 saturated carbocycles. The van der Waals surface area contributed by atoms with Crippen LogP contribution in [0.5, 0.6) is 0 Å². The second kappa shape index (κ2) is 16.1. The molecule has 0 unspecified atom stereocenters. The van der Waals surface area contributed by atoms with Gasteiger partial charge in [-0.05, 0) is 45.4 Å². The zero-order valence-corrected chi connectivity index (χ0v) is 14.3. The maximum Gasteiger partial charge on any atom is 0.305 e. The van der Waals surface area contributed by atoms with Gasteiger partial charge in [0.2, 0.25) is 0 Å². The Bertz CT molecular complexity index is 310. The van der Waals surface area contributed by atoms with Gasteiger partial charge in [-0.2, -0.15) is 0 Å². The van der Waals surface area contributed by atoms with Crippen LogP contribution in [0.2, 0.25) is 0 Å². The van der Waals surface area contributed by atoms with Gasteiger partial charge in [0.05, 0.1) is 13.2 Å². The first-order chi connectivity index (χ1) is 10.7. The van der Waals surface area contributed by atoms with Gasteiger partial charge in [-0.25, -0.2) is 0 Å². The van der Waals surface area contributed by atoms with Gasteiger partial charge in [0.1, 0.15) is 0 Å². The Morgan fingerprint density at radius 1 is 0.773 bits per heavy atom. The van der Waals surface area contributed by atoms with Crippen molar-refractivity contribution in [1.82, 2.24) is 0 Å². The van der Waals surface area contributed by atoms with Gasteiger partial charge in [0, 0.05) is 12.8 Å². The zero-order valence-electron chi connectivity index (χ0n) is 14.3. The first-order valence-electron chi connectivity index (χ1n) is 8.66. The van der Waals surface area contributed by atoms with E-state index in [1.165, 1.54) is 19.3 Å². The molecule has 0 spiro atoms. The van der Waals surface area contributed by atoms with Crippen molar-refractivity contribution in [2.75, 3.05) is 13.2 Å². The molecule has 0 rings (SSSR count). The van der Waals surface area contributed by atoms with Gasteiger partial charge in [-0.3, -0.25) is 9.59 Å². The normalized spacial score (nSPS) is 10.8. The Kier molecular flexibility index (Phi) is 15.1. The van der Waals surface area contributed by atoms with Crippen LogP contribution in [0, 0.1) is 0 Å². The molecule has 22 heavy (non-hydrogen) atoms. The lowest BCUT2D eigenvalue weighted by Crippen LogP contribution is -2.07. The topological polar surface area (TPSA) is 52.6 Å². The smallest absolute Gasteiger partial charge is 0.305 e. The fraction of sp³-hybridized carbons (Fsp3) is 0.778. The first kappa shape index (κ1) is 20.7. The lowest BCUT2D eigenvalue weighted by Gasteiger charge is -2.04. The minimum Gasteiger partial charge on any atom is -0.466 e. The maximum atomic E-state index is 11.5. The van der Waals surface area contributed by atoms with Crippen LogP contribution in [0.4, 0.5) is 0 Å². The molecule has 0 aromatic rings. The zero-order chi connectivity index (χ0) is 16.5. The Morgan fingerprint density at radius 2 is 1.36 bits per heavy atom. The van der Waals surface area contributed by atoms with Crippen molar-refractivity contribution in [2.24, 2.45) is 0 Å². The summed E-state index contributed by atoms with van der Waals surface area (Å²) in [5, 5.41) is 0. The average Bonchev–Trinajstić information content (AvgIpc) is 2.50. The number of esters is 2. The van der Waals surface area contributed by atoms with Crippen molar-refractivity contribution in [3.8, 4) is 0 Å². The number of hydrogen-bond donors (Lipinski definition) is 0. The van der Waals surface area contributed by atoms with Gasteiger partial charge >= 0.3 is 11.9 Å². The Balaban J connectivity index is 3.34. The van der Waals surface area contributed by atoms with Crippen LogP contribution >= 0.6 is 0 Å². The number of hydrogen-bond acceptors (Lipinski definition) is 4.